The van der Waals surface area contributed by atoms with Gasteiger partial charge < -0.3 is 9.32 Å². The molecule has 8 heteroatoms. The van der Waals surface area contributed by atoms with E-state index in [2.05, 4.69) is 36.0 Å². The maximum Gasteiger partial charge on any atom is 0.434 e. The number of piperidine rings is 1. The second kappa shape index (κ2) is 5.92. The molecule has 0 radical (unpaired) electrons. The second-order valence-corrected chi connectivity index (χ2v) is 7.85. The number of aromatic amines is 1. The molecule has 0 saturated carbocycles. The summed E-state index contributed by atoms with van der Waals surface area (Å²) in [6.45, 7) is 7.45. The van der Waals surface area contributed by atoms with E-state index in [1.165, 1.54) is 11.3 Å². The molecule has 1 unspecified atom stereocenters. The molecule has 0 bridgehead atoms. The summed E-state index contributed by atoms with van der Waals surface area (Å²) < 4.78 is 5.04. The van der Waals surface area contributed by atoms with Crippen molar-refractivity contribution in [3.63, 3.8) is 0 Å². The van der Waals surface area contributed by atoms with Crippen LogP contribution in [0, 0.1) is 0 Å². The molecule has 1 atom stereocenters. The Kier molecular flexibility index (Phi) is 4.09. The largest absolute Gasteiger partial charge is 0.434 e. The third kappa shape index (κ3) is 3.36. The lowest BCUT2D eigenvalue weighted by Gasteiger charge is -2.30. The first kappa shape index (κ1) is 15.9. The van der Waals surface area contributed by atoms with Crippen LogP contribution in [-0.2, 0) is 5.41 Å². The molecule has 0 spiro atoms. The van der Waals surface area contributed by atoms with Crippen molar-refractivity contribution >= 4 is 17.2 Å². The van der Waals surface area contributed by atoms with E-state index < -0.39 is 5.76 Å². The predicted octanol–water partition coefficient (Wildman–Crippen LogP) is 2.14. The molecule has 1 amide bonds. The van der Waals surface area contributed by atoms with Crippen LogP contribution in [0.4, 0.5) is 0 Å². The lowest BCUT2D eigenvalue weighted by atomic mass is 9.98. The second-order valence-electron chi connectivity index (χ2n) is 6.82. The molecule has 1 fully saturated rings. The minimum absolute atomic E-state index is 0.0133. The molecule has 7 nitrogen and oxygen atoms in total. The number of H-pyrrole nitrogens is 1. The lowest BCUT2D eigenvalue weighted by molar-refractivity contribution is 0.0702. The van der Waals surface area contributed by atoms with E-state index in [0.717, 1.165) is 17.8 Å². The van der Waals surface area contributed by atoms with Crippen molar-refractivity contribution in [3.8, 4) is 0 Å². The number of likely N-dealkylation sites (tertiary alicyclic amines) is 1. The Hall–Kier alpha value is -1.96. The first-order chi connectivity index (χ1) is 10.8. The van der Waals surface area contributed by atoms with Crippen molar-refractivity contribution in [1.29, 1.82) is 0 Å². The van der Waals surface area contributed by atoms with E-state index in [9.17, 15) is 9.59 Å². The molecule has 1 N–H and O–H groups in total. The van der Waals surface area contributed by atoms with Gasteiger partial charge in [-0.25, -0.2) is 14.9 Å². The summed E-state index contributed by atoms with van der Waals surface area (Å²) in [7, 11) is 0. The molecule has 23 heavy (non-hydrogen) atoms. The van der Waals surface area contributed by atoms with Crippen LogP contribution in [0.15, 0.2) is 15.4 Å². The lowest BCUT2D eigenvalue weighted by Crippen LogP contribution is -2.38. The molecular formula is C15H20N4O3S. The molecule has 1 aliphatic rings. The predicted molar refractivity (Wildman–Crippen MR) is 85.8 cm³/mol. The van der Waals surface area contributed by atoms with Crippen LogP contribution < -0.4 is 5.76 Å². The zero-order valence-electron chi connectivity index (χ0n) is 13.5. The number of carbonyl (C=O) groups is 1. The van der Waals surface area contributed by atoms with Crippen LogP contribution >= 0.6 is 11.3 Å². The summed E-state index contributed by atoms with van der Waals surface area (Å²) in [5.41, 5.74) is -0.0634. The Morgan fingerprint density at radius 1 is 1.48 bits per heavy atom. The minimum atomic E-state index is -0.555. The van der Waals surface area contributed by atoms with Crippen molar-refractivity contribution in [2.24, 2.45) is 0 Å². The zero-order chi connectivity index (χ0) is 16.6. The summed E-state index contributed by atoms with van der Waals surface area (Å²) in [5.74, 6) is -0.227. The van der Waals surface area contributed by atoms with Crippen molar-refractivity contribution in [3.05, 3.63) is 32.5 Å². The summed E-state index contributed by atoms with van der Waals surface area (Å²) >= 11 is 1.45. The topological polar surface area (TPSA) is 92.1 Å². The third-order valence-corrected chi connectivity index (χ3v) is 5.28. The highest BCUT2D eigenvalue weighted by Crippen LogP contribution is 2.30. The number of amides is 1. The van der Waals surface area contributed by atoms with Crippen LogP contribution in [0.2, 0.25) is 0 Å². The number of nitrogens with zero attached hydrogens (tertiary/aromatic N) is 3. The molecule has 3 heterocycles. The van der Waals surface area contributed by atoms with Gasteiger partial charge in [0.15, 0.2) is 0 Å². The van der Waals surface area contributed by atoms with Gasteiger partial charge in [0.05, 0.1) is 17.1 Å². The molecule has 0 aliphatic carbocycles. The molecule has 3 rings (SSSR count). The number of thiazole rings is 1. The van der Waals surface area contributed by atoms with Crippen molar-refractivity contribution < 1.29 is 9.21 Å². The fourth-order valence-electron chi connectivity index (χ4n) is 2.65. The normalized spacial score (nSPS) is 19.1. The van der Waals surface area contributed by atoms with Crippen LogP contribution in [0.3, 0.4) is 0 Å². The summed E-state index contributed by atoms with van der Waals surface area (Å²) in [4.78, 5) is 30.6. The van der Waals surface area contributed by atoms with Gasteiger partial charge in [-0.3, -0.25) is 4.79 Å². The Morgan fingerprint density at radius 2 is 2.26 bits per heavy atom. The Morgan fingerprint density at radius 3 is 2.87 bits per heavy atom. The van der Waals surface area contributed by atoms with E-state index in [1.807, 2.05) is 0 Å². The molecule has 2 aromatic heterocycles. The van der Waals surface area contributed by atoms with Crippen LogP contribution in [0.5, 0.6) is 0 Å². The zero-order valence-corrected chi connectivity index (χ0v) is 14.3. The molecule has 124 valence electrons. The number of aromatic nitrogens is 3. The van der Waals surface area contributed by atoms with Crippen molar-refractivity contribution in [2.45, 2.75) is 44.9 Å². The Bertz CT molecular complexity index is 755. The summed E-state index contributed by atoms with van der Waals surface area (Å²) in [6, 6.07) is 0. The van der Waals surface area contributed by atoms with E-state index in [4.69, 9.17) is 4.42 Å². The fourth-order valence-corrected chi connectivity index (χ4v) is 3.60. The SMILES string of the molecule is CC(C)(C)c1ncc(C(=O)N2CCCC(c3n[nH]c(=O)o3)C2)s1. The van der Waals surface area contributed by atoms with Gasteiger partial charge in [-0.2, -0.15) is 0 Å². The summed E-state index contributed by atoms with van der Waals surface area (Å²) in [6.07, 6.45) is 3.37. The highest BCUT2D eigenvalue weighted by Gasteiger charge is 2.30. The van der Waals surface area contributed by atoms with Gasteiger partial charge in [-0.1, -0.05) is 20.8 Å². The van der Waals surface area contributed by atoms with E-state index in [-0.39, 0.29) is 17.2 Å². The van der Waals surface area contributed by atoms with E-state index in [0.29, 0.717) is 23.9 Å². The van der Waals surface area contributed by atoms with Crippen LogP contribution in [-0.4, -0.2) is 39.1 Å². The standard InChI is InChI=1S/C15H20N4O3S/c1-15(2,3)13-16-7-10(23-13)12(20)19-6-4-5-9(8-19)11-17-18-14(21)22-11/h7,9H,4-6,8H2,1-3H3,(H,18,21). The van der Waals surface area contributed by atoms with Gasteiger partial charge in [0.1, 0.15) is 4.88 Å². The van der Waals surface area contributed by atoms with E-state index in [1.54, 1.807) is 11.1 Å². The quantitative estimate of drug-likeness (QED) is 0.907. The third-order valence-electron chi connectivity index (χ3n) is 3.87. The Labute approximate surface area is 137 Å². The molecule has 0 aromatic carbocycles. The molecule has 1 saturated heterocycles. The number of rotatable bonds is 2. The van der Waals surface area contributed by atoms with Gasteiger partial charge in [-0.15, -0.1) is 16.4 Å². The highest BCUT2D eigenvalue weighted by molar-refractivity contribution is 7.13. The Balaban J connectivity index is 1.74. The summed E-state index contributed by atoms with van der Waals surface area (Å²) in [5, 5.41) is 7.12. The van der Waals surface area contributed by atoms with Gasteiger partial charge in [0.25, 0.3) is 5.91 Å². The van der Waals surface area contributed by atoms with E-state index >= 15 is 0 Å². The monoisotopic (exact) mass is 336 g/mol. The van der Waals surface area contributed by atoms with Gasteiger partial charge in [0.2, 0.25) is 5.89 Å². The molecular weight excluding hydrogens is 316 g/mol. The van der Waals surface area contributed by atoms with Gasteiger partial charge >= 0.3 is 5.76 Å². The highest BCUT2D eigenvalue weighted by atomic mass is 32.1. The average Bonchev–Trinajstić information content (AvgIpc) is 3.15. The molecule has 2 aromatic rings. The number of hydrogen-bond donors (Lipinski definition) is 1. The number of carbonyl (C=O) groups excluding carboxylic acids is 1. The average molecular weight is 336 g/mol. The van der Waals surface area contributed by atoms with Gasteiger partial charge in [-0.05, 0) is 12.8 Å². The minimum Gasteiger partial charge on any atom is -0.392 e. The number of hydrogen-bond acceptors (Lipinski definition) is 6. The maximum atomic E-state index is 12.7. The van der Waals surface area contributed by atoms with Crippen molar-refractivity contribution in [2.75, 3.05) is 13.1 Å². The van der Waals surface area contributed by atoms with Gasteiger partial charge in [0, 0.05) is 18.5 Å². The van der Waals surface area contributed by atoms with Crippen LogP contribution in [0.1, 0.15) is 60.1 Å². The maximum absolute atomic E-state index is 12.7. The van der Waals surface area contributed by atoms with Crippen LogP contribution in [0.25, 0.3) is 0 Å². The first-order valence-electron chi connectivity index (χ1n) is 7.65. The smallest absolute Gasteiger partial charge is 0.392 e. The van der Waals surface area contributed by atoms with Crippen molar-refractivity contribution in [1.82, 2.24) is 20.1 Å². The first-order valence-corrected chi connectivity index (χ1v) is 8.47. The number of nitrogens with one attached hydrogen (secondary N) is 1. The fraction of sp³-hybridized carbons (Fsp3) is 0.600. The molecule has 1 aliphatic heterocycles.